The molecule has 256 valence electrons. The summed E-state index contributed by atoms with van der Waals surface area (Å²) in [6.07, 6.45) is 10.5. The van der Waals surface area contributed by atoms with Gasteiger partial charge < -0.3 is 50.4 Å². The Morgan fingerprint density at radius 3 is 1.66 bits per heavy atom. The first-order valence-corrected chi connectivity index (χ1v) is 15.1. The highest BCUT2D eigenvalue weighted by atomic mass is 16.5. The smallest absolute Gasteiger partial charge is 0.336 e. The molecule has 0 bridgehead atoms. The standard InChI is InChI=1S/C18H34O2.C12H18O12/c1-2-3-4-5-6-7-8-9-10-11-12-13-14-15-16-17-18(19)20;13-3-5(14)9(19)10(20)6(15)4-24-8(18)2-12(23,11(21)22)1-7(16)17/h9-10H,2-8,11-17H2,1H3,(H,19,20);3,5-6,9-10,14-15,19-20,23H,1-2,4H2,(H,16,17)(H,21,22)/t;5-,6+,9+,10+,12?/m.0/s1. The maximum Gasteiger partial charge on any atom is 0.336 e. The highest BCUT2D eigenvalue weighted by Gasteiger charge is 2.41. The van der Waals surface area contributed by atoms with E-state index in [2.05, 4.69) is 23.8 Å². The fourth-order valence-electron chi connectivity index (χ4n) is 3.89. The van der Waals surface area contributed by atoms with Crippen LogP contribution in [0.3, 0.4) is 0 Å². The third-order valence-corrected chi connectivity index (χ3v) is 6.58. The van der Waals surface area contributed by atoms with Crippen molar-refractivity contribution in [2.24, 2.45) is 0 Å². The molecule has 0 radical (unpaired) electrons. The van der Waals surface area contributed by atoms with E-state index in [0.29, 0.717) is 6.42 Å². The molecule has 0 saturated carbocycles. The van der Waals surface area contributed by atoms with Crippen molar-refractivity contribution in [2.45, 2.75) is 140 Å². The molecule has 0 aromatic carbocycles. The number of rotatable bonds is 26. The Balaban J connectivity index is 0. The van der Waals surface area contributed by atoms with E-state index in [1.54, 1.807) is 0 Å². The number of allylic oxidation sites excluding steroid dienone is 2. The minimum Gasteiger partial charge on any atom is -0.481 e. The average Bonchev–Trinajstić information content (AvgIpc) is 2.96. The van der Waals surface area contributed by atoms with Crippen molar-refractivity contribution < 1.29 is 69.6 Å². The van der Waals surface area contributed by atoms with Gasteiger partial charge in [0, 0.05) is 6.42 Å². The van der Waals surface area contributed by atoms with Crippen LogP contribution in [-0.2, 0) is 28.7 Å². The van der Waals surface area contributed by atoms with Crippen molar-refractivity contribution in [1.29, 1.82) is 0 Å². The number of aldehydes is 1. The Labute approximate surface area is 258 Å². The number of ether oxygens (including phenoxy) is 1. The van der Waals surface area contributed by atoms with Gasteiger partial charge in [-0.15, -0.1) is 0 Å². The second-order valence-corrected chi connectivity index (χ2v) is 10.7. The number of carbonyl (C=O) groups is 5. The molecular weight excluding hydrogens is 584 g/mol. The van der Waals surface area contributed by atoms with Crippen molar-refractivity contribution >= 4 is 30.2 Å². The predicted octanol–water partition coefficient (Wildman–Crippen LogP) is 1.96. The lowest BCUT2D eigenvalue weighted by Crippen LogP contribution is -2.47. The van der Waals surface area contributed by atoms with Crippen molar-refractivity contribution in [3.05, 3.63) is 12.2 Å². The largest absolute Gasteiger partial charge is 0.481 e. The van der Waals surface area contributed by atoms with Gasteiger partial charge in [0.05, 0.1) is 12.8 Å². The molecule has 0 fully saturated rings. The number of hydrogen-bond acceptors (Lipinski definition) is 11. The van der Waals surface area contributed by atoms with Gasteiger partial charge in [-0.1, -0.05) is 70.4 Å². The van der Waals surface area contributed by atoms with Crippen molar-refractivity contribution in [3.8, 4) is 0 Å². The average molecular weight is 637 g/mol. The third-order valence-electron chi connectivity index (χ3n) is 6.58. The molecule has 8 N–H and O–H groups in total. The van der Waals surface area contributed by atoms with Crippen LogP contribution in [0.2, 0.25) is 0 Å². The molecule has 14 nitrogen and oxygen atoms in total. The van der Waals surface area contributed by atoms with E-state index in [9.17, 15) is 44.4 Å². The van der Waals surface area contributed by atoms with Crippen molar-refractivity contribution in [1.82, 2.24) is 0 Å². The van der Waals surface area contributed by atoms with Crippen molar-refractivity contribution in [2.75, 3.05) is 6.61 Å². The minimum absolute atomic E-state index is 0.106. The van der Waals surface area contributed by atoms with Crippen LogP contribution >= 0.6 is 0 Å². The molecule has 0 spiro atoms. The number of hydrogen-bond donors (Lipinski definition) is 8. The molecule has 44 heavy (non-hydrogen) atoms. The van der Waals surface area contributed by atoms with Gasteiger partial charge in [-0.3, -0.25) is 14.4 Å². The Kier molecular flexibility index (Phi) is 26.0. The van der Waals surface area contributed by atoms with Crippen LogP contribution in [0, 0.1) is 0 Å². The van der Waals surface area contributed by atoms with Crippen LogP contribution in [0.5, 0.6) is 0 Å². The number of esters is 1. The zero-order valence-electron chi connectivity index (χ0n) is 25.6. The van der Waals surface area contributed by atoms with Gasteiger partial charge in [0.1, 0.15) is 31.0 Å². The highest BCUT2D eigenvalue weighted by molar-refractivity contribution is 5.88. The summed E-state index contributed by atoms with van der Waals surface area (Å²) >= 11 is 0. The second kappa shape index (κ2) is 26.5. The van der Waals surface area contributed by atoms with Gasteiger partial charge in [-0.05, 0) is 32.1 Å². The highest BCUT2D eigenvalue weighted by Crippen LogP contribution is 2.17. The Hall–Kier alpha value is -2.91. The molecule has 0 aliphatic rings. The molecule has 14 heteroatoms. The first kappa shape index (κ1) is 43.2. The minimum atomic E-state index is -2.93. The molecule has 0 aliphatic carbocycles. The van der Waals surface area contributed by atoms with Crippen LogP contribution < -0.4 is 0 Å². The van der Waals surface area contributed by atoms with E-state index in [-0.39, 0.29) is 6.29 Å². The van der Waals surface area contributed by atoms with Gasteiger partial charge in [0.2, 0.25) is 0 Å². The normalized spacial score (nSPS) is 15.2. The molecule has 1 unspecified atom stereocenters. The number of aliphatic hydroxyl groups is 5. The number of carbonyl (C=O) groups excluding carboxylic acids is 2. The van der Waals surface area contributed by atoms with Gasteiger partial charge in [-0.2, -0.15) is 0 Å². The summed E-state index contributed by atoms with van der Waals surface area (Å²) in [5.41, 5.74) is -2.93. The lowest BCUT2D eigenvalue weighted by atomic mass is 9.96. The summed E-state index contributed by atoms with van der Waals surface area (Å²) in [5.74, 6) is -5.73. The topological polar surface area (TPSA) is 256 Å². The number of aliphatic carboxylic acids is 3. The molecule has 0 heterocycles. The molecule has 0 rings (SSSR count). The SMILES string of the molecule is CCCCCCCCC=CCCCCCCCC(=O)O.O=C[C@H](O)[C@@H](O)[C@H](O)[C@H](O)COC(=O)CC(O)(CC(=O)O)C(=O)O. The van der Waals surface area contributed by atoms with E-state index in [1.807, 2.05) is 0 Å². The lowest BCUT2D eigenvalue weighted by molar-refractivity contribution is -0.174. The van der Waals surface area contributed by atoms with E-state index in [1.165, 1.54) is 70.6 Å². The van der Waals surface area contributed by atoms with Crippen LogP contribution in [-0.4, -0.2) is 108 Å². The summed E-state index contributed by atoms with van der Waals surface area (Å²) in [5, 5.41) is 72.5. The van der Waals surface area contributed by atoms with Gasteiger partial charge in [-0.25, -0.2) is 4.79 Å². The fourth-order valence-corrected chi connectivity index (χ4v) is 3.89. The quantitative estimate of drug-likeness (QED) is 0.0292. The number of carboxylic acids is 3. The third kappa shape index (κ3) is 23.5. The Morgan fingerprint density at radius 2 is 1.20 bits per heavy atom. The van der Waals surface area contributed by atoms with Crippen LogP contribution in [0.4, 0.5) is 0 Å². The Morgan fingerprint density at radius 1 is 0.705 bits per heavy atom. The summed E-state index contributed by atoms with van der Waals surface area (Å²) in [4.78, 5) is 53.3. The van der Waals surface area contributed by atoms with Crippen LogP contribution in [0.15, 0.2) is 12.2 Å². The maximum absolute atomic E-state index is 11.4. The lowest BCUT2D eigenvalue weighted by Gasteiger charge is -2.24. The number of aliphatic hydroxyl groups excluding tert-OH is 4. The molecular formula is C30H52O14. The molecule has 0 amide bonds. The number of unbranched alkanes of at least 4 members (excludes halogenated alkanes) is 11. The summed E-state index contributed by atoms with van der Waals surface area (Å²) < 4.78 is 4.37. The first-order chi connectivity index (χ1) is 20.7. The molecule has 0 aromatic heterocycles. The summed E-state index contributed by atoms with van der Waals surface area (Å²) in [6, 6.07) is 0. The first-order valence-electron chi connectivity index (χ1n) is 15.1. The number of carboxylic acid groups (broad SMARTS) is 3. The van der Waals surface area contributed by atoms with Crippen molar-refractivity contribution in [3.63, 3.8) is 0 Å². The van der Waals surface area contributed by atoms with Gasteiger partial charge in [0.25, 0.3) is 0 Å². The van der Waals surface area contributed by atoms with Gasteiger partial charge >= 0.3 is 23.9 Å². The molecule has 0 saturated heterocycles. The van der Waals surface area contributed by atoms with E-state index >= 15 is 0 Å². The second-order valence-electron chi connectivity index (χ2n) is 10.7. The fraction of sp³-hybridized carbons (Fsp3) is 0.767. The van der Waals surface area contributed by atoms with E-state index in [0.717, 1.165) is 12.8 Å². The maximum atomic E-state index is 11.4. The molecule has 0 aliphatic heterocycles. The monoisotopic (exact) mass is 636 g/mol. The van der Waals surface area contributed by atoms with Gasteiger partial charge in [0.15, 0.2) is 11.9 Å². The van der Waals surface area contributed by atoms with Crippen LogP contribution in [0.25, 0.3) is 0 Å². The summed E-state index contributed by atoms with van der Waals surface area (Å²) in [7, 11) is 0. The van der Waals surface area contributed by atoms with E-state index < -0.39 is 73.3 Å². The summed E-state index contributed by atoms with van der Waals surface area (Å²) in [6.45, 7) is 1.28. The zero-order chi connectivity index (χ0) is 34.0. The predicted molar refractivity (Wildman–Crippen MR) is 158 cm³/mol. The Bertz CT molecular complexity index is 846. The molecule has 0 aromatic rings. The molecule has 5 atom stereocenters. The van der Waals surface area contributed by atoms with Crippen LogP contribution in [0.1, 0.15) is 110 Å². The van der Waals surface area contributed by atoms with E-state index in [4.69, 9.17) is 20.4 Å². The zero-order valence-corrected chi connectivity index (χ0v) is 25.6.